The van der Waals surface area contributed by atoms with E-state index in [2.05, 4.69) is 20.0 Å². The van der Waals surface area contributed by atoms with Crippen molar-refractivity contribution in [3.63, 3.8) is 0 Å². The SMILES string of the molecule is CC(C)CS(=O)(=O)Nc1cncc(-c2nc(NCc3ccccn3)c3c(-c4ccccc4)ccn3n2)c1. The maximum atomic E-state index is 12.5. The Labute approximate surface area is 215 Å². The first-order valence-electron chi connectivity index (χ1n) is 11.9. The molecule has 0 saturated heterocycles. The Kier molecular flexibility index (Phi) is 6.82. The summed E-state index contributed by atoms with van der Waals surface area (Å²) in [7, 11) is -3.50. The predicted molar refractivity (Wildman–Crippen MR) is 145 cm³/mol. The Balaban J connectivity index is 1.56. The Hall–Kier alpha value is -4.31. The molecule has 2 N–H and O–H groups in total. The summed E-state index contributed by atoms with van der Waals surface area (Å²) in [5.41, 5.74) is 4.68. The van der Waals surface area contributed by atoms with Gasteiger partial charge in [-0.3, -0.25) is 14.7 Å². The van der Waals surface area contributed by atoms with E-state index in [4.69, 9.17) is 10.1 Å². The van der Waals surface area contributed by atoms with Crippen LogP contribution in [0.1, 0.15) is 19.5 Å². The molecule has 0 amide bonds. The summed E-state index contributed by atoms with van der Waals surface area (Å²) >= 11 is 0. The third-order valence-corrected chi connectivity index (χ3v) is 7.23. The Morgan fingerprint density at radius 1 is 0.973 bits per heavy atom. The molecule has 0 aliphatic heterocycles. The van der Waals surface area contributed by atoms with Crippen LogP contribution < -0.4 is 10.0 Å². The summed E-state index contributed by atoms with van der Waals surface area (Å²) in [5.74, 6) is 1.06. The Morgan fingerprint density at radius 2 is 1.78 bits per heavy atom. The topological polar surface area (TPSA) is 114 Å². The fourth-order valence-electron chi connectivity index (χ4n) is 4.08. The number of anilines is 2. The summed E-state index contributed by atoms with van der Waals surface area (Å²) in [6, 6.07) is 19.5. The molecule has 4 aromatic heterocycles. The van der Waals surface area contributed by atoms with Gasteiger partial charge >= 0.3 is 0 Å². The molecule has 4 heterocycles. The van der Waals surface area contributed by atoms with Gasteiger partial charge in [-0.1, -0.05) is 50.2 Å². The van der Waals surface area contributed by atoms with Gasteiger partial charge in [-0.15, -0.1) is 5.10 Å². The van der Waals surface area contributed by atoms with Crippen molar-refractivity contribution in [3.05, 3.63) is 91.1 Å². The van der Waals surface area contributed by atoms with Gasteiger partial charge in [-0.25, -0.2) is 17.9 Å². The van der Waals surface area contributed by atoms with Crippen molar-refractivity contribution >= 4 is 27.0 Å². The second kappa shape index (κ2) is 10.4. The highest BCUT2D eigenvalue weighted by Gasteiger charge is 2.17. The highest BCUT2D eigenvalue weighted by Crippen LogP contribution is 2.31. The minimum absolute atomic E-state index is 0.000305. The molecule has 0 saturated carbocycles. The average molecular weight is 514 g/mol. The molecule has 0 aliphatic carbocycles. The van der Waals surface area contributed by atoms with Crippen LogP contribution >= 0.6 is 0 Å². The van der Waals surface area contributed by atoms with Gasteiger partial charge in [0.05, 0.1) is 29.9 Å². The Morgan fingerprint density at radius 3 is 2.54 bits per heavy atom. The van der Waals surface area contributed by atoms with Gasteiger partial charge in [0.25, 0.3) is 0 Å². The number of rotatable bonds is 9. The third kappa shape index (κ3) is 5.75. The first kappa shape index (κ1) is 24.4. The van der Waals surface area contributed by atoms with Crippen LogP contribution in [0.2, 0.25) is 0 Å². The van der Waals surface area contributed by atoms with Crippen molar-refractivity contribution in [3.8, 4) is 22.5 Å². The summed E-state index contributed by atoms with van der Waals surface area (Å²) < 4.78 is 29.3. The molecule has 9 nitrogen and oxygen atoms in total. The van der Waals surface area contributed by atoms with Crippen molar-refractivity contribution in [2.24, 2.45) is 5.92 Å². The number of nitrogens with zero attached hydrogens (tertiary/aromatic N) is 5. The van der Waals surface area contributed by atoms with Crippen molar-refractivity contribution in [1.29, 1.82) is 0 Å². The van der Waals surface area contributed by atoms with E-state index in [0.29, 0.717) is 29.4 Å². The zero-order valence-electron chi connectivity index (χ0n) is 20.5. The molecular formula is C27H27N7O2S. The lowest BCUT2D eigenvalue weighted by Gasteiger charge is -2.13. The van der Waals surface area contributed by atoms with Gasteiger partial charge in [0.1, 0.15) is 5.52 Å². The number of benzene rings is 1. The summed E-state index contributed by atoms with van der Waals surface area (Å²) in [6.07, 6.45) is 6.73. The number of fused-ring (bicyclic) bond motifs is 1. The van der Waals surface area contributed by atoms with Crippen LogP contribution in [-0.4, -0.2) is 38.7 Å². The molecule has 188 valence electrons. The fraction of sp³-hybridized carbons (Fsp3) is 0.185. The fourth-order valence-corrected chi connectivity index (χ4v) is 5.51. The van der Waals surface area contributed by atoms with Gasteiger partial charge < -0.3 is 5.32 Å². The molecule has 0 atom stereocenters. The molecule has 0 spiro atoms. The molecule has 37 heavy (non-hydrogen) atoms. The van der Waals surface area contributed by atoms with Gasteiger partial charge in [0.2, 0.25) is 10.0 Å². The predicted octanol–water partition coefficient (Wildman–Crippen LogP) is 4.86. The lowest BCUT2D eigenvalue weighted by Crippen LogP contribution is -2.20. The van der Waals surface area contributed by atoms with Gasteiger partial charge in [-0.05, 0) is 35.7 Å². The monoisotopic (exact) mass is 513 g/mol. The van der Waals surface area contributed by atoms with Crippen LogP contribution in [-0.2, 0) is 16.6 Å². The van der Waals surface area contributed by atoms with Gasteiger partial charge in [-0.2, -0.15) is 0 Å². The lowest BCUT2D eigenvalue weighted by atomic mass is 10.1. The molecular weight excluding hydrogens is 486 g/mol. The van der Waals surface area contributed by atoms with E-state index in [1.807, 2.05) is 74.6 Å². The third-order valence-electron chi connectivity index (χ3n) is 5.58. The average Bonchev–Trinajstić information content (AvgIpc) is 3.32. The maximum Gasteiger partial charge on any atom is 0.233 e. The standard InChI is InChI=1S/C27H27N7O2S/c1-19(2)18-37(35,36)33-23-14-21(15-28-16-23)26-31-27(30-17-22-10-6-7-12-29-22)25-24(11-13-34(25)32-26)20-8-4-3-5-9-20/h3-16,19,33H,17-18H2,1-2H3,(H,30,31,32). The van der Waals surface area contributed by atoms with Crippen LogP contribution in [0.25, 0.3) is 28.0 Å². The molecule has 5 aromatic rings. The largest absolute Gasteiger partial charge is 0.363 e. The molecule has 0 fully saturated rings. The highest BCUT2D eigenvalue weighted by molar-refractivity contribution is 7.92. The van der Waals surface area contributed by atoms with Gasteiger partial charge in [0.15, 0.2) is 11.6 Å². The van der Waals surface area contributed by atoms with Crippen LogP contribution in [0.5, 0.6) is 0 Å². The zero-order chi connectivity index (χ0) is 25.8. The maximum absolute atomic E-state index is 12.5. The van der Waals surface area contributed by atoms with Crippen molar-refractivity contribution in [2.45, 2.75) is 20.4 Å². The van der Waals surface area contributed by atoms with E-state index in [1.165, 1.54) is 6.20 Å². The molecule has 10 heteroatoms. The van der Waals surface area contributed by atoms with Crippen LogP contribution in [0.3, 0.4) is 0 Å². The molecule has 5 rings (SSSR count). The van der Waals surface area contributed by atoms with E-state index in [9.17, 15) is 8.42 Å². The minimum Gasteiger partial charge on any atom is -0.363 e. The van der Waals surface area contributed by atoms with Crippen molar-refractivity contribution in [2.75, 3.05) is 15.8 Å². The first-order valence-corrected chi connectivity index (χ1v) is 13.6. The van der Waals surface area contributed by atoms with Crippen LogP contribution in [0.15, 0.2) is 85.5 Å². The number of sulfonamides is 1. The number of hydrogen-bond acceptors (Lipinski definition) is 7. The molecule has 1 aromatic carbocycles. The second-order valence-electron chi connectivity index (χ2n) is 9.09. The van der Waals surface area contributed by atoms with E-state index < -0.39 is 10.0 Å². The Bertz CT molecular complexity index is 1620. The number of aromatic nitrogens is 5. The van der Waals surface area contributed by atoms with E-state index in [1.54, 1.807) is 23.0 Å². The van der Waals surface area contributed by atoms with Crippen molar-refractivity contribution in [1.82, 2.24) is 24.6 Å². The van der Waals surface area contributed by atoms with Gasteiger partial charge in [0, 0.05) is 29.7 Å². The van der Waals surface area contributed by atoms with E-state index >= 15 is 0 Å². The smallest absolute Gasteiger partial charge is 0.233 e. The number of pyridine rings is 2. The molecule has 0 unspecified atom stereocenters. The quantitative estimate of drug-likeness (QED) is 0.289. The first-order chi connectivity index (χ1) is 17.9. The zero-order valence-corrected chi connectivity index (χ0v) is 21.4. The van der Waals surface area contributed by atoms with Crippen molar-refractivity contribution < 1.29 is 8.42 Å². The summed E-state index contributed by atoms with van der Waals surface area (Å²) in [5, 5.41) is 8.14. The summed E-state index contributed by atoms with van der Waals surface area (Å²) in [4.78, 5) is 13.5. The normalized spacial score (nSPS) is 11.6. The second-order valence-corrected chi connectivity index (χ2v) is 10.9. The molecule has 0 bridgehead atoms. The molecule has 0 radical (unpaired) electrons. The van der Waals surface area contributed by atoms with Crippen LogP contribution in [0.4, 0.5) is 11.5 Å². The number of nitrogens with one attached hydrogen (secondary N) is 2. The van der Waals surface area contributed by atoms with E-state index in [-0.39, 0.29) is 11.7 Å². The highest BCUT2D eigenvalue weighted by atomic mass is 32.2. The summed E-state index contributed by atoms with van der Waals surface area (Å²) in [6.45, 7) is 4.19. The minimum atomic E-state index is -3.50. The van der Waals surface area contributed by atoms with Crippen LogP contribution in [0, 0.1) is 5.92 Å². The van der Waals surface area contributed by atoms with E-state index in [0.717, 1.165) is 22.3 Å². The lowest BCUT2D eigenvalue weighted by molar-refractivity contribution is 0.587. The number of hydrogen-bond donors (Lipinski definition) is 2. The molecule has 0 aliphatic rings.